The van der Waals surface area contributed by atoms with E-state index in [1.807, 2.05) is 68.7 Å². The molecule has 0 saturated heterocycles. The molecule has 1 unspecified atom stereocenters. The number of hydrogen-bond donors (Lipinski definition) is 2. The normalized spacial score (nSPS) is 11.1. The first-order valence-electron chi connectivity index (χ1n) is 8.52. The summed E-state index contributed by atoms with van der Waals surface area (Å²) in [7, 11) is 4.08. The van der Waals surface area contributed by atoms with Crippen molar-refractivity contribution in [2.45, 2.75) is 18.9 Å². The fraction of sp³-hybridized carbons (Fsp3) is 0.350. The van der Waals surface area contributed by atoms with Gasteiger partial charge in [0.1, 0.15) is 5.75 Å². The molecule has 0 saturated carbocycles. The zero-order chi connectivity index (χ0) is 18.1. The van der Waals surface area contributed by atoms with Crippen LogP contribution in [0.5, 0.6) is 5.75 Å². The number of ether oxygens (including phenoxy) is 1. The number of halogens is 2. The minimum atomic E-state index is -0.313. The highest BCUT2D eigenvalue weighted by atomic mass is 35.5. The van der Waals surface area contributed by atoms with Crippen LogP contribution in [0.4, 0.5) is 5.69 Å². The molecular formula is C20H29Cl2N3O2. The molecule has 2 aromatic rings. The standard InChI is InChI=1S/C20H27N3O2.2ClH/c1-23(2)12-7-13-25-18-11-6-10-17(14-18)22-20(24)15-19(21)16-8-4-3-5-9-16;;/h3-6,8-11,14,19H,7,12-13,15,21H2,1-2H3,(H,22,24);2*1H. The van der Waals surface area contributed by atoms with Crippen molar-refractivity contribution >= 4 is 36.4 Å². The number of nitrogens with two attached hydrogens (primary N) is 1. The van der Waals surface area contributed by atoms with Crippen LogP contribution in [0.3, 0.4) is 0 Å². The summed E-state index contributed by atoms with van der Waals surface area (Å²) in [5, 5.41) is 2.88. The van der Waals surface area contributed by atoms with Crippen molar-refractivity contribution in [3.05, 3.63) is 60.2 Å². The zero-order valence-electron chi connectivity index (χ0n) is 15.8. The van der Waals surface area contributed by atoms with Gasteiger partial charge in [0.15, 0.2) is 0 Å². The van der Waals surface area contributed by atoms with Crippen LogP contribution in [0.25, 0.3) is 0 Å². The monoisotopic (exact) mass is 413 g/mol. The van der Waals surface area contributed by atoms with Crippen molar-refractivity contribution < 1.29 is 9.53 Å². The topological polar surface area (TPSA) is 67.6 Å². The number of nitrogens with one attached hydrogen (secondary N) is 1. The van der Waals surface area contributed by atoms with Crippen molar-refractivity contribution in [2.24, 2.45) is 5.73 Å². The summed E-state index contributed by atoms with van der Waals surface area (Å²) in [5.74, 6) is 0.644. The third-order valence-electron chi connectivity index (χ3n) is 3.77. The summed E-state index contributed by atoms with van der Waals surface area (Å²) in [6, 6.07) is 16.8. The summed E-state index contributed by atoms with van der Waals surface area (Å²) in [4.78, 5) is 14.3. The lowest BCUT2D eigenvalue weighted by molar-refractivity contribution is -0.116. The highest BCUT2D eigenvalue weighted by Crippen LogP contribution is 2.19. The van der Waals surface area contributed by atoms with Gasteiger partial charge in [0.25, 0.3) is 0 Å². The van der Waals surface area contributed by atoms with Gasteiger partial charge in [-0.25, -0.2) is 0 Å². The Hall–Kier alpha value is -1.79. The first kappa shape index (κ1) is 25.2. The number of benzene rings is 2. The maximum absolute atomic E-state index is 12.2. The van der Waals surface area contributed by atoms with Gasteiger partial charge < -0.3 is 20.7 Å². The van der Waals surface area contributed by atoms with Crippen LogP contribution >= 0.6 is 24.8 Å². The minimum Gasteiger partial charge on any atom is -0.493 e. The number of anilines is 1. The van der Waals surface area contributed by atoms with Gasteiger partial charge in [0.05, 0.1) is 6.61 Å². The Morgan fingerprint density at radius 2 is 1.81 bits per heavy atom. The van der Waals surface area contributed by atoms with Crippen LogP contribution in [0, 0.1) is 0 Å². The Labute approximate surface area is 174 Å². The van der Waals surface area contributed by atoms with Gasteiger partial charge in [-0.2, -0.15) is 0 Å². The average molecular weight is 414 g/mol. The molecule has 0 aliphatic carbocycles. The molecule has 0 aromatic heterocycles. The van der Waals surface area contributed by atoms with Gasteiger partial charge in [-0.15, -0.1) is 24.8 Å². The second kappa shape index (κ2) is 13.4. The molecule has 0 bridgehead atoms. The number of carbonyl (C=O) groups excluding carboxylic acids is 1. The van der Waals surface area contributed by atoms with Crippen molar-refractivity contribution in [1.29, 1.82) is 0 Å². The summed E-state index contributed by atoms with van der Waals surface area (Å²) in [6.07, 6.45) is 1.19. The summed E-state index contributed by atoms with van der Waals surface area (Å²) in [6.45, 7) is 1.63. The van der Waals surface area contributed by atoms with Gasteiger partial charge in [-0.1, -0.05) is 36.4 Å². The van der Waals surface area contributed by atoms with E-state index in [9.17, 15) is 4.79 Å². The molecule has 0 heterocycles. The highest BCUT2D eigenvalue weighted by Gasteiger charge is 2.11. The summed E-state index contributed by atoms with van der Waals surface area (Å²) in [5.41, 5.74) is 7.77. The van der Waals surface area contributed by atoms with E-state index >= 15 is 0 Å². The minimum absolute atomic E-state index is 0. The van der Waals surface area contributed by atoms with E-state index in [2.05, 4.69) is 10.2 Å². The second-order valence-electron chi connectivity index (χ2n) is 6.30. The summed E-state index contributed by atoms with van der Waals surface area (Å²) < 4.78 is 5.73. The first-order valence-corrected chi connectivity index (χ1v) is 8.52. The number of carbonyl (C=O) groups is 1. The van der Waals surface area contributed by atoms with Crippen molar-refractivity contribution in [2.75, 3.05) is 32.6 Å². The maximum Gasteiger partial charge on any atom is 0.226 e. The Morgan fingerprint density at radius 1 is 1.11 bits per heavy atom. The van der Waals surface area contributed by atoms with E-state index in [1.165, 1.54) is 0 Å². The molecule has 0 radical (unpaired) electrons. The van der Waals surface area contributed by atoms with Crippen LogP contribution in [-0.4, -0.2) is 38.1 Å². The van der Waals surface area contributed by atoms with Crippen LogP contribution < -0.4 is 15.8 Å². The van der Waals surface area contributed by atoms with E-state index < -0.39 is 0 Å². The molecule has 3 N–H and O–H groups in total. The van der Waals surface area contributed by atoms with E-state index in [-0.39, 0.29) is 43.2 Å². The maximum atomic E-state index is 12.2. The Kier molecular flexibility index (Phi) is 12.5. The van der Waals surface area contributed by atoms with Gasteiger partial charge >= 0.3 is 0 Å². The number of hydrogen-bond acceptors (Lipinski definition) is 4. The molecule has 0 spiro atoms. The second-order valence-corrected chi connectivity index (χ2v) is 6.30. The molecule has 2 aromatic carbocycles. The Balaban J connectivity index is 0.00000338. The van der Waals surface area contributed by atoms with E-state index in [0.717, 1.165) is 30.0 Å². The highest BCUT2D eigenvalue weighted by molar-refractivity contribution is 5.91. The lowest BCUT2D eigenvalue weighted by atomic mass is 10.0. The van der Waals surface area contributed by atoms with E-state index in [0.29, 0.717) is 6.61 Å². The third kappa shape index (κ3) is 9.63. The fourth-order valence-electron chi connectivity index (χ4n) is 2.46. The van der Waals surface area contributed by atoms with Crippen molar-refractivity contribution in [1.82, 2.24) is 4.90 Å². The molecule has 1 amide bonds. The fourth-order valence-corrected chi connectivity index (χ4v) is 2.46. The predicted molar refractivity (Wildman–Crippen MR) is 116 cm³/mol. The van der Waals surface area contributed by atoms with E-state index in [4.69, 9.17) is 10.5 Å². The SMILES string of the molecule is CN(C)CCCOc1cccc(NC(=O)CC(N)c2ccccc2)c1.Cl.Cl. The lowest BCUT2D eigenvalue weighted by Gasteiger charge is -2.13. The summed E-state index contributed by atoms with van der Waals surface area (Å²) >= 11 is 0. The smallest absolute Gasteiger partial charge is 0.226 e. The molecule has 5 nitrogen and oxygen atoms in total. The van der Waals surface area contributed by atoms with Crippen molar-refractivity contribution in [3.8, 4) is 5.75 Å². The van der Waals surface area contributed by atoms with Crippen LogP contribution in [-0.2, 0) is 4.79 Å². The lowest BCUT2D eigenvalue weighted by Crippen LogP contribution is -2.20. The molecule has 150 valence electrons. The molecular weight excluding hydrogens is 385 g/mol. The first-order chi connectivity index (χ1) is 12.0. The Morgan fingerprint density at radius 3 is 2.48 bits per heavy atom. The van der Waals surface area contributed by atoms with Crippen LogP contribution in [0.1, 0.15) is 24.4 Å². The molecule has 1 atom stereocenters. The van der Waals surface area contributed by atoms with E-state index in [1.54, 1.807) is 0 Å². The molecule has 0 fully saturated rings. The zero-order valence-corrected chi connectivity index (χ0v) is 17.4. The molecule has 7 heteroatoms. The van der Waals surface area contributed by atoms with Gasteiger partial charge in [-0.3, -0.25) is 4.79 Å². The van der Waals surface area contributed by atoms with Crippen LogP contribution in [0.15, 0.2) is 54.6 Å². The quantitative estimate of drug-likeness (QED) is 0.611. The number of nitrogens with zero attached hydrogens (tertiary/aromatic N) is 1. The predicted octanol–water partition coefficient (Wildman–Crippen LogP) is 3.89. The molecule has 2 rings (SSSR count). The van der Waals surface area contributed by atoms with Gasteiger partial charge in [0.2, 0.25) is 5.91 Å². The third-order valence-corrected chi connectivity index (χ3v) is 3.77. The Bertz CT molecular complexity index is 669. The van der Waals surface area contributed by atoms with Crippen LogP contribution in [0.2, 0.25) is 0 Å². The number of rotatable bonds is 9. The van der Waals surface area contributed by atoms with Gasteiger partial charge in [-0.05, 0) is 38.2 Å². The largest absolute Gasteiger partial charge is 0.493 e. The molecule has 27 heavy (non-hydrogen) atoms. The van der Waals surface area contributed by atoms with Crippen molar-refractivity contribution in [3.63, 3.8) is 0 Å². The number of amides is 1. The molecule has 0 aliphatic heterocycles. The molecule has 0 aliphatic rings. The van der Waals surface area contributed by atoms with Gasteiger partial charge in [0, 0.05) is 30.8 Å². The average Bonchev–Trinajstić information content (AvgIpc) is 2.59.